The largest absolute Gasteiger partial charge is 0.368 e. The van der Waals surface area contributed by atoms with E-state index in [1.807, 2.05) is 6.07 Å². The number of rotatable bonds is 0. The zero-order chi connectivity index (χ0) is 11.7. The van der Waals surface area contributed by atoms with E-state index in [-0.39, 0.29) is 0 Å². The summed E-state index contributed by atoms with van der Waals surface area (Å²) in [6.45, 7) is 3.47. The topological polar surface area (TPSA) is 15.3 Å². The van der Waals surface area contributed by atoms with E-state index in [1.165, 1.54) is 43.5 Å². The highest BCUT2D eigenvalue weighted by Crippen LogP contribution is 2.34. The molecule has 0 aromatic heterocycles. The predicted octanol–water partition coefficient (Wildman–Crippen LogP) is 2.84. The molecule has 92 valence electrons. The number of nitrogens with one attached hydrogen (secondary N) is 1. The number of anilines is 1. The first-order chi connectivity index (χ1) is 8.34. The van der Waals surface area contributed by atoms with Gasteiger partial charge in [0.05, 0.1) is 0 Å². The minimum Gasteiger partial charge on any atom is -0.368 e. The van der Waals surface area contributed by atoms with Gasteiger partial charge in [0.25, 0.3) is 0 Å². The van der Waals surface area contributed by atoms with Gasteiger partial charge < -0.3 is 10.2 Å². The maximum absolute atomic E-state index is 6.08. The third-order valence-corrected chi connectivity index (χ3v) is 4.18. The van der Waals surface area contributed by atoms with Crippen LogP contribution in [0, 0.1) is 0 Å². The fraction of sp³-hybridized carbons (Fsp3) is 0.571. The van der Waals surface area contributed by atoms with E-state index in [1.54, 1.807) is 0 Å². The van der Waals surface area contributed by atoms with Crippen molar-refractivity contribution in [1.82, 2.24) is 5.32 Å². The number of halogens is 1. The lowest BCUT2D eigenvalue weighted by molar-refractivity contribution is 0.444. The average Bonchev–Trinajstić information content (AvgIpc) is 2.29. The lowest BCUT2D eigenvalue weighted by Crippen LogP contribution is -2.44. The molecule has 1 atom stereocenters. The van der Waals surface area contributed by atoms with Gasteiger partial charge in [0.1, 0.15) is 0 Å². The normalized spacial score (nSPS) is 24.5. The molecule has 1 fully saturated rings. The van der Waals surface area contributed by atoms with Crippen LogP contribution in [0.4, 0.5) is 5.69 Å². The van der Waals surface area contributed by atoms with Crippen LogP contribution in [0.3, 0.4) is 0 Å². The molecule has 1 aromatic rings. The summed E-state index contributed by atoms with van der Waals surface area (Å²) in [5.74, 6) is 0. The highest BCUT2D eigenvalue weighted by atomic mass is 35.5. The van der Waals surface area contributed by atoms with Crippen LogP contribution in [-0.2, 0) is 6.42 Å². The van der Waals surface area contributed by atoms with E-state index < -0.39 is 0 Å². The van der Waals surface area contributed by atoms with Crippen LogP contribution >= 0.6 is 11.6 Å². The number of nitrogens with zero attached hydrogens (tertiary/aromatic N) is 1. The summed E-state index contributed by atoms with van der Waals surface area (Å²) in [5, 5.41) is 4.38. The molecule has 17 heavy (non-hydrogen) atoms. The Morgan fingerprint density at radius 3 is 3.12 bits per heavy atom. The molecule has 2 nitrogen and oxygen atoms in total. The van der Waals surface area contributed by atoms with Crippen molar-refractivity contribution in [3.63, 3.8) is 0 Å². The monoisotopic (exact) mass is 250 g/mol. The lowest BCUT2D eigenvalue weighted by Gasteiger charge is -2.40. The van der Waals surface area contributed by atoms with Crippen molar-refractivity contribution >= 4 is 17.3 Å². The van der Waals surface area contributed by atoms with Gasteiger partial charge in [0.15, 0.2) is 0 Å². The molecule has 1 unspecified atom stereocenters. The molecule has 0 bridgehead atoms. The number of aryl methyl sites for hydroxylation is 1. The maximum atomic E-state index is 6.08. The second kappa shape index (κ2) is 4.87. The highest BCUT2D eigenvalue weighted by Gasteiger charge is 2.26. The van der Waals surface area contributed by atoms with Crippen molar-refractivity contribution in [2.24, 2.45) is 0 Å². The molecule has 2 heterocycles. The van der Waals surface area contributed by atoms with E-state index >= 15 is 0 Å². The van der Waals surface area contributed by atoms with Crippen molar-refractivity contribution in [2.75, 3.05) is 24.5 Å². The fourth-order valence-electron chi connectivity index (χ4n) is 3.08. The molecule has 3 rings (SSSR count). The number of benzene rings is 1. The molecule has 2 aliphatic rings. The predicted molar refractivity (Wildman–Crippen MR) is 73.0 cm³/mol. The smallest absolute Gasteiger partial charge is 0.0410 e. The minimum atomic E-state index is 0.719. The van der Waals surface area contributed by atoms with Crippen LogP contribution in [0.15, 0.2) is 18.2 Å². The third-order valence-electron chi connectivity index (χ3n) is 3.95. The summed E-state index contributed by atoms with van der Waals surface area (Å²) in [5.41, 5.74) is 2.86. The third kappa shape index (κ3) is 2.29. The van der Waals surface area contributed by atoms with Gasteiger partial charge in [0.2, 0.25) is 0 Å². The number of fused-ring (bicyclic) bond motifs is 3. The van der Waals surface area contributed by atoms with Crippen LogP contribution in [0.1, 0.15) is 24.8 Å². The lowest BCUT2D eigenvalue weighted by atomic mass is 9.93. The second-order valence-corrected chi connectivity index (χ2v) is 5.49. The van der Waals surface area contributed by atoms with Crippen LogP contribution in [0.2, 0.25) is 5.02 Å². The van der Waals surface area contributed by atoms with E-state index in [0.29, 0.717) is 0 Å². The molecule has 0 amide bonds. The number of hydrogen-bond donors (Lipinski definition) is 1. The second-order valence-electron chi connectivity index (χ2n) is 5.05. The van der Waals surface area contributed by atoms with Gasteiger partial charge in [-0.15, -0.1) is 0 Å². The van der Waals surface area contributed by atoms with E-state index in [0.717, 1.165) is 24.2 Å². The summed E-state index contributed by atoms with van der Waals surface area (Å²) < 4.78 is 0. The number of hydrogen-bond acceptors (Lipinski definition) is 2. The molecule has 1 saturated heterocycles. The van der Waals surface area contributed by atoms with E-state index in [9.17, 15) is 0 Å². The first-order valence-corrected chi connectivity index (χ1v) is 6.98. The Bertz CT molecular complexity index is 405. The molecular formula is C14H19ClN2. The molecule has 0 aliphatic carbocycles. The van der Waals surface area contributed by atoms with Gasteiger partial charge in [-0.05, 0) is 62.5 Å². The highest BCUT2D eigenvalue weighted by molar-refractivity contribution is 6.30. The van der Waals surface area contributed by atoms with Gasteiger partial charge in [-0.1, -0.05) is 11.6 Å². The van der Waals surface area contributed by atoms with Crippen molar-refractivity contribution in [3.05, 3.63) is 28.8 Å². The van der Waals surface area contributed by atoms with Gasteiger partial charge in [-0.2, -0.15) is 0 Å². The minimum absolute atomic E-state index is 0.719. The van der Waals surface area contributed by atoms with Gasteiger partial charge in [-0.3, -0.25) is 0 Å². The van der Waals surface area contributed by atoms with Crippen molar-refractivity contribution in [3.8, 4) is 0 Å². The van der Waals surface area contributed by atoms with E-state index in [4.69, 9.17) is 11.6 Å². The Balaban J connectivity index is 1.91. The van der Waals surface area contributed by atoms with Gasteiger partial charge in [-0.25, -0.2) is 0 Å². The summed E-state index contributed by atoms with van der Waals surface area (Å²) in [6.07, 6.45) is 4.95. The molecule has 0 saturated carbocycles. The SMILES string of the molecule is Clc1ccc2c(c1)CCC1CCNCCCN21. The molecule has 1 aromatic carbocycles. The summed E-state index contributed by atoms with van der Waals surface area (Å²) >= 11 is 6.08. The van der Waals surface area contributed by atoms with Crippen molar-refractivity contribution in [2.45, 2.75) is 31.7 Å². The molecular weight excluding hydrogens is 232 g/mol. The first-order valence-electron chi connectivity index (χ1n) is 6.60. The van der Waals surface area contributed by atoms with Gasteiger partial charge in [0, 0.05) is 23.3 Å². The Morgan fingerprint density at radius 1 is 1.24 bits per heavy atom. The summed E-state index contributed by atoms with van der Waals surface area (Å²) in [7, 11) is 0. The molecule has 3 heteroatoms. The standard InChI is InChI=1S/C14H19ClN2/c15-12-3-5-14-11(10-12)2-4-13-6-8-16-7-1-9-17(13)14/h3,5,10,13,16H,1-2,4,6-9H2. The molecule has 0 spiro atoms. The van der Waals surface area contributed by atoms with Crippen LogP contribution in [0.5, 0.6) is 0 Å². The summed E-state index contributed by atoms with van der Waals surface area (Å²) in [6, 6.07) is 7.10. The van der Waals surface area contributed by atoms with E-state index in [2.05, 4.69) is 22.3 Å². The zero-order valence-electron chi connectivity index (χ0n) is 10.1. The first kappa shape index (κ1) is 11.4. The van der Waals surface area contributed by atoms with Crippen LogP contribution in [-0.4, -0.2) is 25.7 Å². The maximum Gasteiger partial charge on any atom is 0.0410 e. The quantitative estimate of drug-likeness (QED) is 0.762. The Kier molecular flexibility index (Phi) is 3.26. The molecule has 2 aliphatic heterocycles. The Labute approximate surface area is 108 Å². The molecule has 0 radical (unpaired) electrons. The van der Waals surface area contributed by atoms with Crippen LogP contribution < -0.4 is 10.2 Å². The zero-order valence-corrected chi connectivity index (χ0v) is 10.8. The van der Waals surface area contributed by atoms with Gasteiger partial charge >= 0.3 is 0 Å². The Hall–Kier alpha value is -0.730. The van der Waals surface area contributed by atoms with Crippen LogP contribution in [0.25, 0.3) is 0 Å². The Morgan fingerprint density at radius 2 is 2.18 bits per heavy atom. The van der Waals surface area contributed by atoms with Crippen molar-refractivity contribution in [1.29, 1.82) is 0 Å². The summed E-state index contributed by atoms with van der Waals surface area (Å²) in [4.78, 5) is 2.61. The fourth-order valence-corrected chi connectivity index (χ4v) is 3.28. The molecule has 1 N–H and O–H groups in total. The average molecular weight is 251 g/mol. The van der Waals surface area contributed by atoms with Crippen molar-refractivity contribution < 1.29 is 0 Å².